The minimum atomic E-state index is 0. The zero-order valence-electron chi connectivity index (χ0n) is 16.1. The highest BCUT2D eigenvalue weighted by Gasteiger charge is 2.16. The molecule has 0 aromatic heterocycles. The Bertz CT molecular complexity index is 892. The molecular formula is C23H27Cl2NO. The maximum Gasteiger partial charge on any atom is 0.124 e. The third kappa shape index (κ3) is 5.38. The van der Waals surface area contributed by atoms with Crippen LogP contribution in [-0.4, -0.2) is 5.54 Å². The first-order valence-corrected chi connectivity index (χ1v) is 9.50. The second-order valence-corrected chi connectivity index (χ2v) is 7.64. The molecule has 0 bridgehead atoms. The SMILES string of the molecule is CCC(C)(C)NCc1c(OCc2ccccc2Cl)ccc2ccccc12.Cl. The van der Waals surface area contributed by atoms with Crippen LogP contribution >= 0.6 is 24.0 Å². The molecule has 0 radical (unpaired) electrons. The van der Waals surface area contributed by atoms with Crippen LogP contribution in [0.2, 0.25) is 5.02 Å². The van der Waals surface area contributed by atoms with E-state index in [1.807, 2.05) is 24.3 Å². The maximum absolute atomic E-state index is 6.27. The Labute approximate surface area is 173 Å². The van der Waals surface area contributed by atoms with Crippen LogP contribution in [-0.2, 0) is 13.2 Å². The van der Waals surface area contributed by atoms with Crippen LogP contribution < -0.4 is 10.1 Å². The van der Waals surface area contributed by atoms with Gasteiger partial charge in [-0.15, -0.1) is 12.4 Å². The smallest absolute Gasteiger partial charge is 0.124 e. The lowest BCUT2D eigenvalue weighted by Gasteiger charge is -2.26. The lowest BCUT2D eigenvalue weighted by molar-refractivity contribution is 0.299. The molecule has 1 N–H and O–H groups in total. The predicted octanol–water partition coefficient (Wildman–Crippen LogP) is 6.77. The lowest BCUT2D eigenvalue weighted by atomic mass is 9.99. The highest BCUT2D eigenvalue weighted by atomic mass is 35.5. The molecule has 144 valence electrons. The topological polar surface area (TPSA) is 21.3 Å². The zero-order valence-corrected chi connectivity index (χ0v) is 17.7. The second kappa shape index (κ2) is 9.45. The molecule has 0 saturated heterocycles. The highest BCUT2D eigenvalue weighted by molar-refractivity contribution is 6.31. The molecule has 0 spiro atoms. The summed E-state index contributed by atoms with van der Waals surface area (Å²) in [7, 11) is 0. The van der Waals surface area contributed by atoms with Crippen molar-refractivity contribution in [3.05, 3.63) is 76.8 Å². The first kappa shape index (κ1) is 21.6. The Balaban J connectivity index is 0.00000261. The third-order valence-electron chi connectivity index (χ3n) is 4.97. The van der Waals surface area contributed by atoms with E-state index in [0.717, 1.165) is 29.3 Å². The minimum Gasteiger partial charge on any atom is -0.488 e. The van der Waals surface area contributed by atoms with Gasteiger partial charge >= 0.3 is 0 Å². The molecule has 0 amide bonds. The van der Waals surface area contributed by atoms with E-state index in [-0.39, 0.29) is 17.9 Å². The highest BCUT2D eigenvalue weighted by Crippen LogP contribution is 2.30. The molecule has 0 heterocycles. The van der Waals surface area contributed by atoms with Gasteiger partial charge in [0.15, 0.2) is 0 Å². The first-order chi connectivity index (χ1) is 12.5. The van der Waals surface area contributed by atoms with Crippen molar-refractivity contribution >= 4 is 34.8 Å². The number of benzene rings is 3. The molecule has 3 aromatic carbocycles. The van der Waals surface area contributed by atoms with Crippen LogP contribution in [0, 0.1) is 0 Å². The number of ether oxygens (including phenoxy) is 1. The molecule has 27 heavy (non-hydrogen) atoms. The Morgan fingerprint density at radius 2 is 1.67 bits per heavy atom. The second-order valence-electron chi connectivity index (χ2n) is 7.23. The molecule has 0 aliphatic carbocycles. The van der Waals surface area contributed by atoms with Gasteiger partial charge in [0.2, 0.25) is 0 Å². The van der Waals surface area contributed by atoms with Crippen molar-refractivity contribution in [3.8, 4) is 5.75 Å². The zero-order chi connectivity index (χ0) is 18.6. The van der Waals surface area contributed by atoms with Crippen LogP contribution in [0.5, 0.6) is 5.75 Å². The van der Waals surface area contributed by atoms with Crippen molar-refractivity contribution < 1.29 is 4.74 Å². The van der Waals surface area contributed by atoms with Gasteiger partial charge in [-0.2, -0.15) is 0 Å². The Morgan fingerprint density at radius 1 is 0.963 bits per heavy atom. The van der Waals surface area contributed by atoms with Crippen molar-refractivity contribution in [2.75, 3.05) is 0 Å². The number of rotatable bonds is 7. The molecule has 0 unspecified atom stereocenters. The van der Waals surface area contributed by atoms with Gasteiger partial charge in [-0.05, 0) is 43.2 Å². The molecule has 0 aliphatic rings. The van der Waals surface area contributed by atoms with Gasteiger partial charge < -0.3 is 10.1 Å². The summed E-state index contributed by atoms with van der Waals surface area (Å²) in [4.78, 5) is 0. The molecule has 0 fully saturated rings. The monoisotopic (exact) mass is 403 g/mol. The summed E-state index contributed by atoms with van der Waals surface area (Å²) >= 11 is 6.27. The van der Waals surface area contributed by atoms with Gasteiger partial charge in [0.1, 0.15) is 12.4 Å². The normalized spacial score (nSPS) is 11.3. The Morgan fingerprint density at radius 3 is 2.41 bits per heavy atom. The number of halogens is 2. The Hall–Kier alpha value is -1.74. The fourth-order valence-corrected chi connectivity index (χ4v) is 3.05. The summed E-state index contributed by atoms with van der Waals surface area (Å²) in [6.07, 6.45) is 1.06. The molecule has 2 nitrogen and oxygen atoms in total. The van der Waals surface area contributed by atoms with Crippen LogP contribution in [0.4, 0.5) is 0 Å². The molecule has 4 heteroatoms. The first-order valence-electron chi connectivity index (χ1n) is 9.12. The van der Waals surface area contributed by atoms with Gasteiger partial charge in [-0.1, -0.05) is 67.1 Å². The van der Waals surface area contributed by atoms with Gasteiger partial charge in [0.05, 0.1) is 0 Å². The standard InChI is InChI=1S/C23H26ClNO.ClH/c1-4-23(2,3)25-15-20-19-11-7-5-9-17(19)13-14-22(20)26-16-18-10-6-8-12-21(18)24;/h5-14,25H,4,15-16H2,1-3H3;1H. The number of hydrogen-bond donors (Lipinski definition) is 1. The van der Waals surface area contributed by atoms with Crippen molar-refractivity contribution in [3.63, 3.8) is 0 Å². The number of nitrogens with one attached hydrogen (secondary N) is 1. The van der Waals surface area contributed by atoms with Gasteiger partial charge in [-0.3, -0.25) is 0 Å². The van der Waals surface area contributed by atoms with E-state index in [4.69, 9.17) is 16.3 Å². The van der Waals surface area contributed by atoms with Crippen LogP contribution in [0.1, 0.15) is 38.3 Å². The molecule has 0 atom stereocenters. The van der Waals surface area contributed by atoms with E-state index in [0.29, 0.717) is 6.61 Å². The fraction of sp³-hybridized carbons (Fsp3) is 0.304. The molecule has 3 aromatic rings. The van der Waals surface area contributed by atoms with Crippen molar-refractivity contribution in [1.82, 2.24) is 5.32 Å². The quantitative estimate of drug-likeness (QED) is 0.469. The van der Waals surface area contributed by atoms with Gasteiger partial charge in [-0.25, -0.2) is 0 Å². The van der Waals surface area contributed by atoms with Crippen LogP contribution in [0.3, 0.4) is 0 Å². The van der Waals surface area contributed by atoms with E-state index < -0.39 is 0 Å². The largest absolute Gasteiger partial charge is 0.488 e. The van der Waals surface area contributed by atoms with Crippen LogP contribution in [0.15, 0.2) is 60.7 Å². The summed E-state index contributed by atoms with van der Waals surface area (Å²) in [5.41, 5.74) is 2.27. The fourth-order valence-electron chi connectivity index (χ4n) is 2.86. The summed E-state index contributed by atoms with van der Waals surface area (Å²) in [5.74, 6) is 0.906. The van der Waals surface area contributed by atoms with Crippen molar-refractivity contribution in [1.29, 1.82) is 0 Å². The third-order valence-corrected chi connectivity index (χ3v) is 5.33. The molecular weight excluding hydrogens is 377 g/mol. The van der Waals surface area contributed by atoms with Gasteiger partial charge in [0.25, 0.3) is 0 Å². The molecule has 3 rings (SSSR count). The summed E-state index contributed by atoms with van der Waals surface area (Å²) in [6.45, 7) is 7.87. The summed E-state index contributed by atoms with van der Waals surface area (Å²) < 4.78 is 6.19. The van der Waals surface area contributed by atoms with E-state index in [9.17, 15) is 0 Å². The van der Waals surface area contributed by atoms with Crippen molar-refractivity contribution in [2.45, 2.75) is 45.9 Å². The summed E-state index contributed by atoms with van der Waals surface area (Å²) in [6, 6.07) is 20.4. The van der Waals surface area contributed by atoms with Gasteiger partial charge in [0, 0.05) is 28.2 Å². The lowest BCUT2D eigenvalue weighted by Crippen LogP contribution is -2.37. The minimum absolute atomic E-state index is 0. The Kier molecular flexibility index (Phi) is 7.55. The van der Waals surface area contributed by atoms with E-state index in [1.165, 1.54) is 16.3 Å². The van der Waals surface area contributed by atoms with Crippen molar-refractivity contribution in [2.24, 2.45) is 0 Å². The summed E-state index contributed by atoms with van der Waals surface area (Å²) in [5, 5.41) is 6.85. The van der Waals surface area contributed by atoms with Crippen LogP contribution in [0.25, 0.3) is 10.8 Å². The number of hydrogen-bond acceptors (Lipinski definition) is 2. The average molecular weight is 404 g/mol. The molecule has 0 saturated carbocycles. The predicted molar refractivity (Wildman–Crippen MR) is 118 cm³/mol. The average Bonchev–Trinajstić information content (AvgIpc) is 2.66. The maximum atomic E-state index is 6.27. The van der Waals surface area contributed by atoms with E-state index >= 15 is 0 Å². The molecule has 0 aliphatic heterocycles. The van der Waals surface area contributed by atoms with E-state index in [1.54, 1.807) is 0 Å². The van der Waals surface area contributed by atoms with E-state index in [2.05, 4.69) is 62.5 Å². The number of fused-ring (bicyclic) bond motifs is 1.